The van der Waals surface area contributed by atoms with E-state index in [0.717, 1.165) is 35.4 Å². The minimum absolute atomic E-state index is 0.113. The highest BCUT2D eigenvalue weighted by Crippen LogP contribution is 2.26. The smallest absolute Gasteiger partial charge is 0.349 e. The molecule has 2 N–H and O–H groups in total. The molecule has 1 aromatic carbocycles. The van der Waals surface area contributed by atoms with E-state index in [0.29, 0.717) is 12.4 Å². The van der Waals surface area contributed by atoms with Crippen molar-refractivity contribution in [3.63, 3.8) is 0 Å². The molecular formula is C26H38N2O4S. The molecule has 0 bridgehead atoms. The van der Waals surface area contributed by atoms with Crippen LogP contribution >= 0.6 is 11.3 Å². The summed E-state index contributed by atoms with van der Waals surface area (Å²) in [5, 5.41) is 8.05. The number of hydrogen-bond donors (Lipinski definition) is 2. The molecule has 0 radical (unpaired) electrons. The molecule has 0 aliphatic heterocycles. The number of benzene rings is 1. The minimum Gasteiger partial charge on any atom is -0.476 e. The van der Waals surface area contributed by atoms with Crippen molar-refractivity contribution in [1.29, 1.82) is 0 Å². The van der Waals surface area contributed by atoms with Gasteiger partial charge in [0.2, 0.25) is 0 Å². The first kappa shape index (κ1) is 26.7. The summed E-state index contributed by atoms with van der Waals surface area (Å²) >= 11 is 1.60. The van der Waals surface area contributed by atoms with E-state index < -0.39 is 11.6 Å². The molecule has 2 rings (SSSR count). The van der Waals surface area contributed by atoms with E-state index in [1.54, 1.807) is 32.1 Å². The fourth-order valence-electron chi connectivity index (χ4n) is 3.51. The number of hydrogen-bond acceptors (Lipinski definition) is 5. The Morgan fingerprint density at radius 1 is 1.03 bits per heavy atom. The van der Waals surface area contributed by atoms with Crippen molar-refractivity contribution in [3.8, 4) is 5.75 Å². The van der Waals surface area contributed by atoms with Crippen LogP contribution in [-0.4, -0.2) is 24.2 Å². The number of nitrogens with one attached hydrogen (secondary N) is 2. The molecule has 0 spiro atoms. The molecule has 0 aliphatic rings. The summed E-state index contributed by atoms with van der Waals surface area (Å²) < 4.78 is 11.0. The van der Waals surface area contributed by atoms with Crippen LogP contribution in [0.3, 0.4) is 0 Å². The summed E-state index contributed by atoms with van der Waals surface area (Å²) in [5.41, 5.74) is 0.764. The second-order valence-corrected chi connectivity index (χ2v) is 9.77. The number of amides is 2. The molecule has 1 unspecified atom stereocenters. The molecule has 0 aliphatic carbocycles. The second-order valence-electron chi connectivity index (χ2n) is 8.65. The average Bonchev–Trinajstić information content (AvgIpc) is 3.17. The molecule has 6 nitrogen and oxygen atoms in total. The quantitative estimate of drug-likeness (QED) is 0.242. The lowest BCUT2D eigenvalue weighted by Gasteiger charge is -2.25. The Hall–Kier alpha value is -2.54. The fraction of sp³-hybridized carbons (Fsp3) is 0.538. The summed E-state index contributed by atoms with van der Waals surface area (Å²) in [6.45, 7) is 9.65. The molecule has 2 amide bonds. The first-order chi connectivity index (χ1) is 15.8. The molecule has 0 saturated carbocycles. The Labute approximate surface area is 202 Å². The minimum atomic E-state index is -1.08. The van der Waals surface area contributed by atoms with E-state index in [1.165, 1.54) is 19.3 Å². The van der Waals surface area contributed by atoms with Crippen molar-refractivity contribution in [2.75, 3.05) is 11.9 Å². The highest BCUT2D eigenvalue weighted by Gasteiger charge is 2.31. The number of carbonyl (C=O) groups is 2. The fourth-order valence-corrected chi connectivity index (χ4v) is 4.17. The number of anilines is 1. The first-order valence-corrected chi connectivity index (χ1v) is 12.7. The van der Waals surface area contributed by atoms with Crippen LogP contribution in [0.2, 0.25) is 0 Å². The van der Waals surface area contributed by atoms with Gasteiger partial charge in [0.05, 0.1) is 18.3 Å². The molecule has 0 fully saturated rings. The maximum Gasteiger partial charge on any atom is 0.349 e. The number of rotatable bonds is 13. The monoisotopic (exact) mass is 474 g/mol. The van der Waals surface area contributed by atoms with Crippen molar-refractivity contribution in [1.82, 2.24) is 5.32 Å². The van der Waals surface area contributed by atoms with Crippen molar-refractivity contribution in [2.24, 2.45) is 0 Å². The van der Waals surface area contributed by atoms with Gasteiger partial charge in [0.25, 0.3) is 0 Å². The average molecular weight is 475 g/mol. The van der Waals surface area contributed by atoms with Crippen molar-refractivity contribution < 1.29 is 19.1 Å². The van der Waals surface area contributed by atoms with Gasteiger partial charge in [0, 0.05) is 4.88 Å². The molecular weight excluding hydrogens is 436 g/mol. The maximum absolute atomic E-state index is 12.7. The van der Waals surface area contributed by atoms with Gasteiger partial charge in [-0.2, -0.15) is 0 Å². The van der Waals surface area contributed by atoms with Crippen LogP contribution in [0.15, 0.2) is 35.7 Å². The number of aryl methyl sites for hydroxylation is 1. The third-order valence-corrected chi connectivity index (χ3v) is 6.28. The van der Waals surface area contributed by atoms with Crippen LogP contribution in [0.1, 0.15) is 82.7 Å². The summed E-state index contributed by atoms with van der Waals surface area (Å²) in [7, 11) is 0. The summed E-state index contributed by atoms with van der Waals surface area (Å²) in [5.74, 6) is 0.179. The van der Waals surface area contributed by atoms with E-state index in [2.05, 4.69) is 17.6 Å². The first-order valence-electron chi connectivity index (χ1n) is 11.8. The van der Waals surface area contributed by atoms with E-state index in [9.17, 15) is 9.59 Å². The van der Waals surface area contributed by atoms with Gasteiger partial charge in [0.15, 0.2) is 5.60 Å². The van der Waals surface area contributed by atoms with Gasteiger partial charge in [0.1, 0.15) is 5.75 Å². The zero-order chi connectivity index (χ0) is 24.3. The largest absolute Gasteiger partial charge is 0.476 e. The Bertz CT molecular complexity index is 877. The second kappa shape index (κ2) is 13.2. The van der Waals surface area contributed by atoms with E-state index in [-0.39, 0.29) is 12.1 Å². The van der Waals surface area contributed by atoms with Gasteiger partial charge < -0.3 is 20.1 Å². The molecule has 0 saturated heterocycles. The molecule has 1 heterocycles. The van der Waals surface area contributed by atoms with Crippen molar-refractivity contribution in [2.45, 2.75) is 84.8 Å². The standard InChI is InChI=1S/C26H38N2O4S/c1-6-8-9-10-11-12-23(28-25(30)27-22-17-18-33-19(22)3)20-13-15-21(16-14-20)32-26(4,5)24(29)31-7-2/h13-18,23H,6-12H2,1-5H3,(H2,27,28,30). The summed E-state index contributed by atoms with van der Waals surface area (Å²) in [4.78, 5) is 25.9. The number of urea groups is 1. The highest BCUT2D eigenvalue weighted by atomic mass is 32.1. The van der Waals surface area contributed by atoms with Crippen LogP contribution < -0.4 is 15.4 Å². The molecule has 182 valence electrons. The predicted octanol–water partition coefficient (Wildman–Crippen LogP) is 7.00. The number of carbonyl (C=O) groups excluding carboxylic acids is 2. The van der Waals surface area contributed by atoms with Crippen LogP contribution in [0.5, 0.6) is 5.75 Å². The zero-order valence-corrected chi connectivity index (χ0v) is 21.3. The Balaban J connectivity index is 2.06. The molecule has 2 aromatic rings. The maximum atomic E-state index is 12.7. The van der Waals surface area contributed by atoms with Gasteiger partial charge in [-0.1, -0.05) is 51.2 Å². The highest BCUT2D eigenvalue weighted by molar-refractivity contribution is 7.10. The predicted molar refractivity (Wildman–Crippen MR) is 135 cm³/mol. The number of esters is 1. The van der Waals surface area contributed by atoms with Gasteiger partial charge in [-0.15, -0.1) is 11.3 Å². The Kier molecular flexibility index (Phi) is 10.7. The number of thiophene rings is 1. The molecule has 1 atom stereocenters. The third-order valence-electron chi connectivity index (χ3n) is 5.43. The SMILES string of the molecule is CCCCCCCC(NC(=O)Nc1ccsc1C)c1ccc(OC(C)(C)C(=O)OCC)cc1. The van der Waals surface area contributed by atoms with Crippen molar-refractivity contribution >= 4 is 29.0 Å². The van der Waals surface area contributed by atoms with Crippen LogP contribution in [0.25, 0.3) is 0 Å². The van der Waals surface area contributed by atoms with Gasteiger partial charge in [-0.3, -0.25) is 0 Å². The Morgan fingerprint density at radius 3 is 2.33 bits per heavy atom. The van der Waals surface area contributed by atoms with Gasteiger partial charge in [-0.25, -0.2) is 9.59 Å². The van der Waals surface area contributed by atoms with Crippen LogP contribution in [0, 0.1) is 6.92 Å². The lowest BCUT2D eigenvalue weighted by atomic mass is 9.99. The molecule has 33 heavy (non-hydrogen) atoms. The third kappa shape index (κ3) is 8.72. The summed E-state index contributed by atoms with van der Waals surface area (Å²) in [6.07, 6.45) is 6.68. The lowest BCUT2D eigenvalue weighted by molar-refractivity contribution is -0.158. The zero-order valence-electron chi connectivity index (χ0n) is 20.5. The number of unbranched alkanes of at least 4 members (excludes halogenated alkanes) is 4. The van der Waals surface area contributed by atoms with Crippen molar-refractivity contribution in [3.05, 3.63) is 46.2 Å². The topological polar surface area (TPSA) is 76.7 Å². The lowest BCUT2D eigenvalue weighted by Crippen LogP contribution is -2.39. The van der Waals surface area contributed by atoms with E-state index >= 15 is 0 Å². The number of ether oxygens (including phenoxy) is 2. The normalized spacial score (nSPS) is 12.2. The Morgan fingerprint density at radius 2 is 1.73 bits per heavy atom. The van der Waals surface area contributed by atoms with Crippen LogP contribution in [0.4, 0.5) is 10.5 Å². The van der Waals surface area contributed by atoms with Gasteiger partial charge in [-0.05, 0) is 63.3 Å². The van der Waals surface area contributed by atoms with E-state index in [4.69, 9.17) is 9.47 Å². The molecule has 1 aromatic heterocycles. The summed E-state index contributed by atoms with van der Waals surface area (Å²) in [6, 6.07) is 9.16. The van der Waals surface area contributed by atoms with E-state index in [1.807, 2.05) is 42.6 Å². The van der Waals surface area contributed by atoms with Gasteiger partial charge >= 0.3 is 12.0 Å². The molecule has 7 heteroatoms. The van der Waals surface area contributed by atoms with Crippen LogP contribution in [-0.2, 0) is 9.53 Å².